The molecule has 1 atom stereocenters. The van der Waals surface area contributed by atoms with Gasteiger partial charge in [0.15, 0.2) is 9.73 Å². The number of hydrogen-bond acceptors (Lipinski definition) is 6. The first kappa shape index (κ1) is 24.8. The summed E-state index contributed by atoms with van der Waals surface area (Å²) in [6, 6.07) is 9.05. The normalized spacial score (nSPS) is 16.5. The number of rotatable bonds is 5. The summed E-state index contributed by atoms with van der Waals surface area (Å²) in [5.74, 6) is 0. The number of carbonyl (C=O) groups is 1. The molecular formula is C20H19ClF3N5O3S. The molecule has 2 amide bonds. The molecule has 2 aromatic rings. The molecule has 1 aliphatic rings. The molecule has 1 unspecified atom stereocenters. The van der Waals surface area contributed by atoms with Crippen molar-refractivity contribution in [3.05, 3.63) is 52.5 Å². The summed E-state index contributed by atoms with van der Waals surface area (Å²) >= 11 is 5.71. The number of morpholine rings is 1. The van der Waals surface area contributed by atoms with E-state index in [0.717, 1.165) is 12.1 Å². The molecule has 0 aromatic heterocycles. The number of ether oxygens (including phenoxy) is 1. The maximum atomic E-state index is 13.0. The van der Waals surface area contributed by atoms with Crippen molar-refractivity contribution in [1.29, 1.82) is 10.0 Å². The van der Waals surface area contributed by atoms with Crippen molar-refractivity contribution in [3.63, 3.8) is 0 Å². The van der Waals surface area contributed by atoms with Crippen molar-refractivity contribution in [2.24, 2.45) is 0 Å². The number of alkyl halides is 3. The van der Waals surface area contributed by atoms with Crippen molar-refractivity contribution in [1.82, 2.24) is 4.90 Å². The molecule has 13 heteroatoms. The lowest BCUT2D eigenvalue weighted by Crippen LogP contribution is -2.35. The Morgan fingerprint density at radius 1 is 1.18 bits per heavy atom. The van der Waals surface area contributed by atoms with E-state index in [-0.39, 0.29) is 5.69 Å². The Balaban J connectivity index is 1.75. The van der Waals surface area contributed by atoms with Gasteiger partial charge < -0.3 is 15.4 Å². The maximum Gasteiger partial charge on any atom is 0.483 e. The minimum Gasteiger partial charge on any atom is -0.379 e. The van der Waals surface area contributed by atoms with Crippen LogP contribution in [0.4, 0.5) is 29.3 Å². The molecular weight excluding hydrogens is 483 g/mol. The second-order valence-corrected chi connectivity index (χ2v) is 9.52. The lowest BCUT2D eigenvalue weighted by atomic mass is 10.1. The van der Waals surface area contributed by atoms with Gasteiger partial charge in [0.2, 0.25) is 0 Å². The van der Waals surface area contributed by atoms with Crippen LogP contribution in [-0.2, 0) is 21.0 Å². The Bertz CT molecular complexity index is 1190. The monoisotopic (exact) mass is 501 g/mol. The second kappa shape index (κ2) is 9.96. The van der Waals surface area contributed by atoms with Gasteiger partial charge in [0.25, 0.3) is 0 Å². The van der Waals surface area contributed by atoms with Crippen LogP contribution in [0.5, 0.6) is 0 Å². The zero-order valence-corrected chi connectivity index (χ0v) is 18.6. The van der Waals surface area contributed by atoms with Gasteiger partial charge in [0.1, 0.15) is 0 Å². The third kappa shape index (κ3) is 5.94. The van der Waals surface area contributed by atoms with Crippen molar-refractivity contribution in [2.45, 2.75) is 16.9 Å². The highest BCUT2D eigenvalue weighted by molar-refractivity contribution is 7.93. The molecule has 176 valence electrons. The first-order valence-electron chi connectivity index (χ1n) is 9.57. The summed E-state index contributed by atoms with van der Waals surface area (Å²) < 4.78 is 63.4. The van der Waals surface area contributed by atoms with Crippen molar-refractivity contribution in [2.75, 3.05) is 36.9 Å². The topological polar surface area (TPSA) is 118 Å². The first-order chi connectivity index (χ1) is 15.5. The number of amides is 2. The van der Waals surface area contributed by atoms with Gasteiger partial charge in [-0.3, -0.25) is 4.90 Å². The Kier molecular flexibility index (Phi) is 7.48. The standard InChI is InChI=1S/C20H19ClF3N5O3S/c21-17-4-3-16(10-18(17)33(26,31)20(22,23)24)28-19(30)27-15-2-1-13(11-25)14(9-15)12-29-5-7-32-8-6-29/h1-4,9-10,26H,5-8,12H2,(H2,27,28,30). The van der Waals surface area contributed by atoms with Gasteiger partial charge in [0.05, 0.1) is 34.8 Å². The lowest BCUT2D eigenvalue weighted by Gasteiger charge is -2.27. The van der Waals surface area contributed by atoms with E-state index in [2.05, 4.69) is 21.6 Å². The quantitative estimate of drug-likeness (QED) is 0.552. The smallest absolute Gasteiger partial charge is 0.379 e. The Morgan fingerprint density at radius 3 is 2.39 bits per heavy atom. The Labute approximate surface area is 193 Å². The third-order valence-corrected chi connectivity index (χ3v) is 6.86. The summed E-state index contributed by atoms with van der Waals surface area (Å²) in [7, 11) is -5.20. The Hall–Kier alpha value is -2.85. The van der Waals surface area contributed by atoms with E-state index in [9.17, 15) is 27.4 Å². The molecule has 1 aliphatic heterocycles. The number of nitriles is 1. The van der Waals surface area contributed by atoms with Crippen LogP contribution in [0, 0.1) is 16.1 Å². The van der Waals surface area contributed by atoms with Crippen molar-refractivity contribution in [3.8, 4) is 6.07 Å². The molecule has 0 aliphatic carbocycles. The zero-order valence-electron chi connectivity index (χ0n) is 17.0. The highest BCUT2D eigenvalue weighted by atomic mass is 35.5. The largest absolute Gasteiger partial charge is 0.483 e. The predicted molar refractivity (Wildman–Crippen MR) is 117 cm³/mol. The van der Waals surface area contributed by atoms with Gasteiger partial charge in [-0.05, 0) is 42.0 Å². The second-order valence-electron chi connectivity index (χ2n) is 7.10. The van der Waals surface area contributed by atoms with E-state index in [1.807, 2.05) is 0 Å². The summed E-state index contributed by atoms with van der Waals surface area (Å²) in [6.45, 7) is 3.08. The molecule has 2 aromatic carbocycles. The van der Waals surface area contributed by atoms with Crippen LogP contribution >= 0.6 is 11.6 Å². The van der Waals surface area contributed by atoms with E-state index in [1.165, 1.54) is 12.1 Å². The van der Waals surface area contributed by atoms with E-state index < -0.39 is 31.2 Å². The fourth-order valence-electron chi connectivity index (χ4n) is 3.13. The number of carbonyl (C=O) groups excluding carboxylic acids is 1. The van der Waals surface area contributed by atoms with Gasteiger partial charge in [0, 0.05) is 31.0 Å². The summed E-state index contributed by atoms with van der Waals surface area (Å²) in [5, 5.41) is 13.7. The number of hydrogen-bond donors (Lipinski definition) is 3. The summed E-state index contributed by atoms with van der Waals surface area (Å²) in [4.78, 5) is 13.6. The number of anilines is 2. The van der Waals surface area contributed by atoms with Crippen molar-refractivity contribution < 1.29 is 26.9 Å². The predicted octanol–water partition coefficient (Wildman–Crippen LogP) is 4.61. The maximum absolute atomic E-state index is 13.0. The van der Waals surface area contributed by atoms with Crippen LogP contribution in [0.3, 0.4) is 0 Å². The van der Waals surface area contributed by atoms with Crippen molar-refractivity contribution >= 4 is 38.7 Å². The van der Waals surface area contributed by atoms with Gasteiger partial charge >= 0.3 is 11.5 Å². The van der Waals surface area contributed by atoms with Crippen LogP contribution in [0.15, 0.2) is 41.3 Å². The SMILES string of the molecule is N#Cc1ccc(NC(=O)Nc2ccc(Cl)c(S(=N)(=O)C(F)(F)F)c2)cc1CN1CCOCC1. The molecule has 3 N–H and O–H groups in total. The molecule has 3 rings (SSSR count). The Morgan fingerprint density at radius 2 is 1.79 bits per heavy atom. The summed E-state index contributed by atoms with van der Waals surface area (Å²) in [5.41, 5.74) is -3.93. The molecule has 0 radical (unpaired) electrons. The minimum absolute atomic E-state index is 0.127. The molecule has 33 heavy (non-hydrogen) atoms. The van der Waals surface area contributed by atoms with Crippen LogP contribution in [0.2, 0.25) is 5.02 Å². The molecule has 0 bridgehead atoms. The highest BCUT2D eigenvalue weighted by Crippen LogP contribution is 2.36. The van der Waals surface area contributed by atoms with E-state index >= 15 is 0 Å². The molecule has 1 fully saturated rings. The zero-order chi connectivity index (χ0) is 24.2. The van der Waals surface area contributed by atoms with E-state index in [0.29, 0.717) is 49.7 Å². The minimum atomic E-state index is -5.32. The van der Waals surface area contributed by atoms with Crippen LogP contribution in [0.25, 0.3) is 0 Å². The number of nitrogens with zero attached hydrogens (tertiary/aromatic N) is 2. The number of urea groups is 1. The van der Waals surface area contributed by atoms with Gasteiger partial charge in [-0.1, -0.05) is 11.6 Å². The van der Waals surface area contributed by atoms with Crippen LogP contribution in [0.1, 0.15) is 11.1 Å². The van der Waals surface area contributed by atoms with Crippen LogP contribution in [-0.4, -0.2) is 47.0 Å². The molecule has 0 spiro atoms. The first-order valence-corrected chi connectivity index (χ1v) is 11.5. The molecule has 1 heterocycles. The molecule has 0 saturated carbocycles. The van der Waals surface area contributed by atoms with Gasteiger partial charge in [-0.15, -0.1) is 0 Å². The van der Waals surface area contributed by atoms with E-state index in [1.54, 1.807) is 12.1 Å². The number of halogens is 4. The average Bonchev–Trinajstić information content (AvgIpc) is 2.75. The number of benzene rings is 2. The number of nitrogens with one attached hydrogen (secondary N) is 3. The molecule has 1 saturated heterocycles. The van der Waals surface area contributed by atoms with E-state index in [4.69, 9.17) is 21.1 Å². The summed E-state index contributed by atoms with van der Waals surface area (Å²) in [6.07, 6.45) is 0. The average molecular weight is 502 g/mol. The van der Waals surface area contributed by atoms with Gasteiger partial charge in [-0.25, -0.2) is 13.8 Å². The van der Waals surface area contributed by atoms with Crippen LogP contribution < -0.4 is 10.6 Å². The fraction of sp³-hybridized carbons (Fsp3) is 0.300. The third-order valence-electron chi connectivity index (χ3n) is 4.81. The molecule has 8 nitrogen and oxygen atoms in total. The lowest BCUT2D eigenvalue weighted by molar-refractivity contribution is -0.0406. The fourth-order valence-corrected chi connectivity index (χ4v) is 4.46. The van der Waals surface area contributed by atoms with Gasteiger partial charge in [-0.2, -0.15) is 18.4 Å². The highest BCUT2D eigenvalue weighted by Gasteiger charge is 2.44.